The molecular formula is C11H12ClNO3. The number of hydrogen-bond acceptors (Lipinski definition) is 3. The van der Waals surface area contributed by atoms with Crippen molar-refractivity contribution in [1.29, 1.82) is 0 Å². The second-order valence-corrected chi connectivity index (χ2v) is 3.48. The molecule has 0 spiro atoms. The Hall–Kier alpha value is -1.55. The van der Waals surface area contributed by atoms with Gasteiger partial charge in [-0.1, -0.05) is 18.2 Å². The summed E-state index contributed by atoms with van der Waals surface area (Å²) >= 11 is 5.11. The number of carbonyl (C=O) groups is 2. The van der Waals surface area contributed by atoms with E-state index in [2.05, 4.69) is 5.32 Å². The molecule has 16 heavy (non-hydrogen) atoms. The summed E-state index contributed by atoms with van der Waals surface area (Å²) in [7, 11) is 0. The lowest BCUT2D eigenvalue weighted by Gasteiger charge is -2.06. The Kier molecular flexibility index (Phi) is 5.36. The monoisotopic (exact) mass is 241 g/mol. The number of rotatable bonds is 6. The van der Waals surface area contributed by atoms with E-state index in [1.807, 2.05) is 18.2 Å². The summed E-state index contributed by atoms with van der Waals surface area (Å²) in [5.74, 6) is 0.354. The predicted molar refractivity (Wildman–Crippen MR) is 60.4 cm³/mol. The fourth-order valence-electron chi connectivity index (χ4n) is 1.02. The van der Waals surface area contributed by atoms with Crippen molar-refractivity contribution in [2.75, 3.05) is 13.2 Å². The van der Waals surface area contributed by atoms with Gasteiger partial charge < -0.3 is 10.1 Å². The average molecular weight is 242 g/mol. The zero-order valence-corrected chi connectivity index (χ0v) is 9.37. The Morgan fingerprint density at radius 2 is 1.94 bits per heavy atom. The zero-order chi connectivity index (χ0) is 11.8. The molecule has 0 aliphatic carbocycles. The standard InChI is InChI=1S/C11H12ClNO3/c12-10(14)6-7-13-11(15)8-16-9-4-2-1-3-5-9/h1-5H,6-8H2,(H,13,15). The normalized spacial score (nSPS) is 9.56. The SMILES string of the molecule is O=C(Cl)CCNC(=O)COc1ccccc1. The Labute approximate surface area is 98.5 Å². The van der Waals surface area contributed by atoms with Crippen LogP contribution in [-0.4, -0.2) is 24.3 Å². The molecule has 0 aliphatic heterocycles. The molecule has 0 radical (unpaired) electrons. The predicted octanol–water partition coefficient (Wildman–Crippen LogP) is 1.34. The molecule has 1 amide bonds. The molecule has 0 saturated heterocycles. The topological polar surface area (TPSA) is 55.4 Å². The van der Waals surface area contributed by atoms with Gasteiger partial charge in [-0.05, 0) is 23.7 Å². The molecule has 1 aromatic rings. The van der Waals surface area contributed by atoms with Crippen LogP contribution in [0.3, 0.4) is 0 Å². The van der Waals surface area contributed by atoms with E-state index in [4.69, 9.17) is 16.3 Å². The Morgan fingerprint density at radius 1 is 1.25 bits per heavy atom. The third-order valence-electron chi connectivity index (χ3n) is 1.76. The largest absolute Gasteiger partial charge is 0.484 e. The Morgan fingerprint density at radius 3 is 2.56 bits per heavy atom. The number of carbonyl (C=O) groups excluding carboxylic acids is 2. The lowest BCUT2D eigenvalue weighted by molar-refractivity contribution is -0.123. The molecular weight excluding hydrogens is 230 g/mol. The first kappa shape index (κ1) is 12.5. The van der Waals surface area contributed by atoms with Crippen LogP contribution >= 0.6 is 11.6 Å². The van der Waals surface area contributed by atoms with Gasteiger partial charge in [-0.25, -0.2) is 0 Å². The quantitative estimate of drug-likeness (QED) is 0.765. The fraction of sp³-hybridized carbons (Fsp3) is 0.273. The van der Waals surface area contributed by atoms with E-state index < -0.39 is 5.24 Å². The van der Waals surface area contributed by atoms with Crippen molar-refractivity contribution in [3.63, 3.8) is 0 Å². The van der Waals surface area contributed by atoms with Crippen LogP contribution in [0.25, 0.3) is 0 Å². The van der Waals surface area contributed by atoms with Gasteiger partial charge in [0, 0.05) is 13.0 Å². The highest BCUT2D eigenvalue weighted by Crippen LogP contribution is 2.07. The summed E-state index contributed by atoms with van der Waals surface area (Å²) in [5, 5.41) is 2.05. The minimum atomic E-state index is -0.468. The second kappa shape index (κ2) is 6.85. The molecule has 5 heteroatoms. The number of amides is 1. The van der Waals surface area contributed by atoms with Gasteiger partial charge in [0.15, 0.2) is 6.61 Å². The number of halogens is 1. The van der Waals surface area contributed by atoms with Gasteiger partial charge in [0.2, 0.25) is 5.24 Å². The summed E-state index contributed by atoms with van der Waals surface area (Å²) in [5.41, 5.74) is 0. The molecule has 1 aromatic carbocycles. The average Bonchev–Trinajstić information content (AvgIpc) is 2.27. The fourth-order valence-corrected chi connectivity index (χ4v) is 1.11. The van der Waals surface area contributed by atoms with Crippen LogP contribution in [0.15, 0.2) is 30.3 Å². The lowest BCUT2D eigenvalue weighted by Crippen LogP contribution is -2.30. The number of ether oxygens (including phenoxy) is 1. The third-order valence-corrected chi connectivity index (χ3v) is 1.95. The van der Waals surface area contributed by atoms with Crippen LogP contribution < -0.4 is 10.1 Å². The lowest BCUT2D eigenvalue weighted by atomic mass is 10.3. The van der Waals surface area contributed by atoms with Gasteiger partial charge in [-0.2, -0.15) is 0 Å². The van der Waals surface area contributed by atoms with Crippen molar-refractivity contribution in [2.45, 2.75) is 6.42 Å². The number of hydrogen-bond donors (Lipinski definition) is 1. The molecule has 0 heterocycles. The summed E-state index contributed by atoms with van der Waals surface area (Å²) in [6.45, 7) is 0.166. The number of para-hydroxylation sites is 1. The van der Waals surface area contributed by atoms with E-state index in [1.54, 1.807) is 12.1 Å². The van der Waals surface area contributed by atoms with Crippen molar-refractivity contribution in [2.24, 2.45) is 0 Å². The molecule has 0 bridgehead atoms. The van der Waals surface area contributed by atoms with E-state index in [0.717, 1.165) is 0 Å². The summed E-state index contributed by atoms with van der Waals surface area (Å²) in [6, 6.07) is 9.02. The highest BCUT2D eigenvalue weighted by molar-refractivity contribution is 6.63. The van der Waals surface area contributed by atoms with Crippen LogP contribution in [-0.2, 0) is 9.59 Å². The molecule has 0 unspecified atom stereocenters. The molecule has 1 N–H and O–H groups in total. The van der Waals surface area contributed by atoms with Gasteiger partial charge in [-0.15, -0.1) is 0 Å². The van der Waals surface area contributed by atoms with Crippen LogP contribution in [0.4, 0.5) is 0 Å². The molecule has 0 aromatic heterocycles. The van der Waals surface area contributed by atoms with E-state index in [0.29, 0.717) is 5.75 Å². The van der Waals surface area contributed by atoms with Crippen molar-refractivity contribution < 1.29 is 14.3 Å². The van der Waals surface area contributed by atoms with Gasteiger partial charge in [-0.3, -0.25) is 9.59 Å². The molecule has 0 aliphatic rings. The summed E-state index contributed by atoms with van der Waals surface area (Å²) in [6.07, 6.45) is 0.124. The first-order valence-corrected chi connectivity index (χ1v) is 5.19. The highest BCUT2D eigenvalue weighted by Gasteiger charge is 2.02. The van der Waals surface area contributed by atoms with Gasteiger partial charge >= 0.3 is 0 Å². The second-order valence-electron chi connectivity index (χ2n) is 3.06. The molecule has 0 fully saturated rings. The maximum Gasteiger partial charge on any atom is 0.257 e. The van der Waals surface area contributed by atoms with Gasteiger partial charge in [0.1, 0.15) is 5.75 Å². The van der Waals surface area contributed by atoms with Crippen LogP contribution in [0, 0.1) is 0 Å². The van der Waals surface area contributed by atoms with Crippen LogP contribution in [0.2, 0.25) is 0 Å². The third kappa shape index (κ3) is 5.36. The maximum absolute atomic E-state index is 11.2. The smallest absolute Gasteiger partial charge is 0.257 e. The molecule has 0 atom stereocenters. The maximum atomic E-state index is 11.2. The van der Waals surface area contributed by atoms with Crippen molar-refractivity contribution in [3.05, 3.63) is 30.3 Å². The molecule has 1 rings (SSSR count). The first-order chi connectivity index (χ1) is 7.68. The van der Waals surface area contributed by atoms with Gasteiger partial charge in [0.25, 0.3) is 5.91 Å². The van der Waals surface area contributed by atoms with E-state index >= 15 is 0 Å². The van der Waals surface area contributed by atoms with E-state index in [1.165, 1.54) is 0 Å². The van der Waals surface area contributed by atoms with E-state index in [9.17, 15) is 9.59 Å². The van der Waals surface area contributed by atoms with Gasteiger partial charge in [0.05, 0.1) is 0 Å². The van der Waals surface area contributed by atoms with Crippen molar-refractivity contribution in [3.8, 4) is 5.75 Å². The summed E-state index contributed by atoms with van der Waals surface area (Å²) < 4.78 is 5.20. The van der Waals surface area contributed by atoms with Crippen molar-refractivity contribution in [1.82, 2.24) is 5.32 Å². The molecule has 0 saturated carbocycles. The number of benzene rings is 1. The Bertz CT molecular complexity index is 354. The van der Waals surface area contributed by atoms with Crippen LogP contribution in [0.1, 0.15) is 6.42 Å². The number of nitrogens with one attached hydrogen (secondary N) is 1. The first-order valence-electron chi connectivity index (χ1n) is 4.81. The highest BCUT2D eigenvalue weighted by atomic mass is 35.5. The zero-order valence-electron chi connectivity index (χ0n) is 8.61. The Balaban J connectivity index is 2.18. The van der Waals surface area contributed by atoms with E-state index in [-0.39, 0.29) is 25.5 Å². The molecule has 86 valence electrons. The van der Waals surface area contributed by atoms with Crippen molar-refractivity contribution >= 4 is 22.8 Å². The minimum Gasteiger partial charge on any atom is -0.484 e. The molecule has 4 nitrogen and oxygen atoms in total. The summed E-state index contributed by atoms with van der Waals surface area (Å²) in [4.78, 5) is 21.6. The minimum absolute atomic E-state index is 0.0690. The van der Waals surface area contributed by atoms with Crippen LogP contribution in [0.5, 0.6) is 5.75 Å².